The average Bonchev–Trinajstić information content (AvgIpc) is 2.56. The van der Waals surface area contributed by atoms with Crippen molar-refractivity contribution in [3.8, 4) is 5.75 Å². The third-order valence-electron chi connectivity index (χ3n) is 3.27. The molecule has 23 heavy (non-hydrogen) atoms. The minimum absolute atomic E-state index is 0.0198. The number of aliphatic hydroxyl groups excluding tert-OH is 1. The summed E-state index contributed by atoms with van der Waals surface area (Å²) in [5.74, 6) is -7.38. The molecule has 4 nitrogen and oxygen atoms in total. The van der Waals surface area contributed by atoms with E-state index in [2.05, 4.69) is 5.32 Å². The number of benzene rings is 2. The SMILES string of the molecule is O=C(NCC[C@H](O)c1ccccc1)c1cc(F)c(F)c(O)c1F. The molecule has 0 bridgehead atoms. The maximum absolute atomic E-state index is 13.6. The summed E-state index contributed by atoms with van der Waals surface area (Å²) in [7, 11) is 0. The van der Waals surface area contributed by atoms with E-state index in [9.17, 15) is 23.1 Å². The highest BCUT2D eigenvalue weighted by molar-refractivity contribution is 5.94. The summed E-state index contributed by atoms with van der Waals surface area (Å²) >= 11 is 0. The van der Waals surface area contributed by atoms with Gasteiger partial charge in [-0.1, -0.05) is 30.3 Å². The van der Waals surface area contributed by atoms with E-state index in [0.29, 0.717) is 11.6 Å². The predicted molar refractivity (Wildman–Crippen MR) is 76.3 cm³/mol. The van der Waals surface area contributed by atoms with Crippen LogP contribution in [0, 0.1) is 17.5 Å². The second-order valence-corrected chi connectivity index (χ2v) is 4.85. The highest BCUT2D eigenvalue weighted by Gasteiger charge is 2.22. The van der Waals surface area contributed by atoms with Gasteiger partial charge in [0.05, 0.1) is 11.7 Å². The van der Waals surface area contributed by atoms with Crippen LogP contribution >= 0.6 is 0 Å². The average molecular weight is 325 g/mol. The molecule has 1 atom stereocenters. The van der Waals surface area contributed by atoms with E-state index < -0.39 is 40.8 Å². The molecule has 0 spiro atoms. The molecule has 0 aliphatic heterocycles. The molecule has 0 saturated carbocycles. The lowest BCUT2D eigenvalue weighted by Gasteiger charge is -2.12. The van der Waals surface area contributed by atoms with Gasteiger partial charge in [-0.3, -0.25) is 4.79 Å². The van der Waals surface area contributed by atoms with E-state index in [1.54, 1.807) is 30.3 Å². The molecule has 2 rings (SSSR count). The first-order chi connectivity index (χ1) is 10.9. The van der Waals surface area contributed by atoms with Gasteiger partial charge in [0.2, 0.25) is 5.82 Å². The molecule has 0 fully saturated rings. The van der Waals surface area contributed by atoms with E-state index in [4.69, 9.17) is 5.11 Å². The smallest absolute Gasteiger partial charge is 0.254 e. The lowest BCUT2D eigenvalue weighted by atomic mass is 10.1. The fourth-order valence-corrected chi connectivity index (χ4v) is 2.02. The number of amides is 1. The third-order valence-corrected chi connectivity index (χ3v) is 3.27. The maximum Gasteiger partial charge on any atom is 0.254 e. The van der Waals surface area contributed by atoms with Gasteiger partial charge in [0.15, 0.2) is 17.4 Å². The summed E-state index contributed by atoms with van der Waals surface area (Å²) in [4.78, 5) is 11.8. The van der Waals surface area contributed by atoms with Crippen LogP contribution in [0.25, 0.3) is 0 Å². The third kappa shape index (κ3) is 3.81. The second kappa shape index (κ2) is 7.15. The highest BCUT2D eigenvalue weighted by Crippen LogP contribution is 2.25. The Kier molecular flexibility index (Phi) is 5.23. The number of carbonyl (C=O) groups excluding carboxylic acids is 1. The number of aliphatic hydroxyl groups is 1. The van der Waals surface area contributed by atoms with Crippen molar-refractivity contribution in [2.45, 2.75) is 12.5 Å². The van der Waals surface area contributed by atoms with E-state index in [0.717, 1.165) is 0 Å². The van der Waals surface area contributed by atoms with Crippen molar-refractivity contribution < 1.29 is 28.2 Å². The van der Waals surface area contributed by atoms with E-state index >= 15 is 0 Å². The Labute approximate surface area is 130 Å². The van der Waals surface area contributed by atoms with Crippen LogP contribution in [0.3, 0.4) is 0 Å². The molecule has 2 aromatic carbocycles. The Morgan fingerprint density at radius 3 is 2.43 bits per heavy atom. The summed E-state index contributed by atoms with van der Waals surface area (Å²) in [5, 5.41) is 21.3. The molecule has 0 unspecified atom stereocenters. The zero-order chi connectivity index (χ0) is 17.0. The Bertz CT molecular complexity index is 707. The molecule has 0 aliphatic carbocycles. The van der Waals surface area contributed by atoms with Gasteiger partial charge in [-0.05, 0) is 18.1 Å². The van der Waals surface area contributed by atoms with E-state index in [1.165, 1.54) is 0 Å². The van der Waals surface area contributed by atoms with Crippen LogP contribution in [0.2, 0.25) is 0 Å². The molecule has 3 N–H and O–H groups in total. The van der Waals surface area contributed by atoms with Gasteiger partial charge in [0.1, 0.15) is 0 Å². The van der Waals surface area contributed by atoms with Crippen LogP contribution in [0.5, 0.6) is 5.75 Å². The topological polar surface area (TPSA) is 69.6 Å². The van der Waals surface area contributed by atoms with Crippen molar-refractivity contribution in [1.82, 2.24) is 5.32 Å². The van der Waals surface area contributed by atoms with Crippen LogP contribution < -0.4 is 5.32 Å². The molecular formula is C16H14F3NO3. The molecule has 122 valence electrons. The normalized spacial score (nSPS) is 12.0. The number of hydrogen-bond acceptors (Lipinski definition) is 3. The largest absolute Gasteiger partial charge is 0.503 e. The monoisotopic (exact) mass is 325 g/mol. The summed E-state index contributed by atoms with van der Waals surface area (Å²) in [6.07, 6.45) is -0.688. The standard InChI is InChI=1S/C16H14F3NO3/c17-11-8-10(13(18)15(22)14(11)19)16(23)20-7-6-12(21)9-4-2-1-3-5-9/h1-5,8,12,21-22H,6-7H2,(H,20,23)/t12-/m0/s1. The Morgan fingerprint density at radius 1 is 1.13 bits per heavy atom. The molecule has 7 heteroatoms. The minimum atomic E-state index is -1.75. The van der Waals surface area contributed by atoms with Gasteiger partial charge in [0, 0.05) is 6.54 Å². The number of halogens is 3. The molecule has 0 aromatic heterocycles. The van der Waals surface area contributed by atoms with Crippen LogP contribution in [-0.4, -0.2) is 22.7 Å². The molecule has 2 aromatic rings. The van der Waals surface area contributed by atoms with Gasteiger partial charge in [-0.2, -0.15) is 4.39 Å². The lowest BCUT2D eigenvalue weighted by Crippen LogP contribution is -2.27. The number of rotatable bonds is 5. The first-order valence-corrected chi connectivity index (χ1v) is 6.79. The summed E-state index contributed by atoms with van der Waals surface area (Å²) in [6, 6.07) is 9.07. The number of nitrogens with one attached hydrogen (secondary N) is 1. The second-order valence-electron chi connectivity index (χ2n) is 4.85. The van der Waals surface area contributed by atoms with Crippen LogP contribution in [0.4, 0.5) is 13.2 Å². The molecule has 0 radical (unpaired) electrons. The highest BCUT2D eigenvalue weighted by atomic mass is 19.2. The van der Waals surface area contributed by atoms with Crippen molar-refractivity contribution >= 4 is 5.91 Å². The van der Waals surface area contributed by atoms with Gasteiger partial charge in [0.25, 0.3) is 5.91 Å². The zero-order valence-electron chi connectivity index (χ0n) is 11.9. The fraction of sp³-hybridized carbons (Fsp3) is 0.188. The maximum atomic E-state index is 13.6. The Hall–Kier alpha value is -2.54. The fourth-order valence-electron chi connectivity index (χ4n) is 2.02. The zero-order valence-corrected chi connectivity index (χ0v) is 11.9. The van der Waals surface area contributed by atoms with E-state index in [-0.39, 0.29) is 13.0 Å². The summed E-state index contributed by atoms with van der Waals surface area (Å²) < 4.78 is 39.7. The van der Waals surface area contributed by atoms with Crippen LogP contribution in [0.15, 0.2) is 36.4 Å². The van der Waals surface area contributed by atoms with Gasteiger partial charge >= 0.3 is 0 Å². The van der Waals surface area contributed by atoms with E-state index in [1.807, 2.05) is 0 Å². The number of phenolic OH excluding ortho intramolecular Hbond substituents is 1. The van der Waals surface area contributed by atoms with Crippen molar-refractivity contribution in [2.24, 2.45) is 0 Å². The number of hydrogen-bond donors (Lipinski definition) is 3. The summed E-state index contributed by atoms with van der Waals surface area (Å²) in [6.45, 7) is -0.0198. The number of phenols is 1. The van der Waals surface area contributed by atoms with Gasteiger partial charge in [-0.15, -0.1) is 0 Å². The molecule has 0 saturated heterocycles. The van der Waals surface area contributed by atoms with Crippen molar-refractivity contribution in [2.75, 3.05) is 6.54 Å². The Morgan fingerprint density at radius 2 is 1.78 bits per heavy atom. The van der Waals surface area contributed by atoms with Crippen molar-refractivity contribution in [3.63, 3.8) is 0 Å². The van der Waals surface area contributed by atoms with Crippen LogP contribution in [0.1, 0.15) is 28.4 Å². The predicted octanol–water partition coefficient (Wildman–Crippen LogP) is 2.66. The van der Waals surface area contributed by atoms with Crippen molar-refractivity contribution in [1.29, 1.82) is 0 Å². The van der Waals surface area contributed by atoms with Gasteiger partial charge in [-0.25, -0.2) is 8.78 Å². The lowest BCUT2D eigenvalue weighted by molar-refractivity contribution is 0.0937. The first kappa shape index (κ1) is 16.8. The molecular weight excluding hydrogens is 311 g/mol. The Balaban J connectivity index is 1.98. The van der Waals surface area contributed by atoms with Crippen molar-refractivity contribution in [3.05, 3.63) is 65.0 Å². The molecule has 0 heterocycles. The van der Waals surface area contributed by atoms with Gasteiger partial charge < -0.3 is 15.5 Å². The molecule has 0 aliphatic rings. The first-order valence-electron chi connectivity index (χ1n) is 6.79. The summed E-state index contributed by atoms with van der Waals surface area (Å²) in [5.41, 5.74) is -0.158. The van der Waals surface area contributed by atoms with Crippen LogP contribution in [-0.2, 0) is 0 Å². The number of carbonyl (C=O) groups is 1. The minimum Gasteiger partial charge on any atom is -0.503 e. The quantitative estimate of drug-likeness (QED) is 0.740. The number of aromatic hydroxyl groups is 1. The molecule has 1 amide bonds.